The maximum Gasteiger partial charge on any atom is 0.116 e. The van der Waals surface area contributed by atoms with Gasteiger partial charge < -0.3 is 13.7 Å². The van der Waals surface area contributed by atoms with E-state index in [1.165, 1.54) is 44.2 Å². The van der Waals surface area contributed by atoms with Gasteiger partial charge in [0.05, 0.1) is 67.2 Å². The van der Waals surface area contributed by atoms with Gasteiger partial charge in [0.1, 0.15) is 19.0 Å². The van der Waals surface area contributed by atoms with Crippen LogP contribution in [0, 0.1) is 41.5 Å². The molecule has 0 N–H and O–H groups in total. The minimum absolute atomic E-state index is 0.717. The molecule has 0 unspecified atom stereocenters. The van der Waals surface area contributed by atoms with Gasteiger partial charge in [0.25, 0.3) is 0 Å². The Balaban J connectivity index is 1.43. The molecule has 0 atom stereocenters. The number of hydrogen-bond acceptors (Lipinski definition) is 6. The van der Waals surface area contributed by atoms with Crippen molar-refractivity contribution in [2.24, 2.45) is 0 Å². The van der Waals surface area contributed by atoms with Gasteiger partial charge in [-0.2, -0.15) is 0 Å². The van der Waals surface area contributed by atoms with E-state index >= 15 is 0 Å². The summed E-state index contributed by atoms with van der Waals surface area (Å²) in [5.74, 6) is 0. The second-order valence-electron chi connectivity index (χ2n) is 18.6. The van der Waals surface area contributed by atoms with Crippen LogP contribution in [0.1, 0.15) is 33.4 Å². The van der Waals surface area contributed by atoms with Crippen LogP contribution < -0.4 is 0 Å². The maximum atomic E-state index is 5.19. The van der Waals surface area contributed by atoms with E-state index in [9.17, 15) is 0 Å². The fourth-order valence-electron chi connectivity index (χ4n) is 10.9. The van der Waals surface area contributed by atoms with Crippen LogP contribution in [-0.2, 0) is 0 Å². The van der Waals surface area contributed by atoms with Crippen molar-refractivity contribution < 1.29 is 0 Å². The van der Waals surface area contributed by atoms with Crippen LogP contribution >= 0.6 is 0 Å². The van der Waals surface area contributed by atoms with Crippen LogP contribution in [0.15, 0.2) is 165 Å². The number of aromatic nitrogens is 9. The van der Waals surface area contributed by atoms with Crippen LogP contribution in [0.5, 0.6) is 0 Å². The van der Waals surface area contributed by atoms with E-state index in [-0.39, 0.29) is 0 Å². The molecular formula is C60H45N9. The third-order valence-corrected chi connectivity index (χ3v) is 13.8. The maximum absolute atomic E-state index is 5.19. The Labute approximate surface area is 398 Å². The van der Waals surface area contributed by atoms with E-state index in [2.05, 4.69) is 179 Å². The third-order valence-electron chi connectivity index (χ3n) is 13.8. The molecule has 9 heteroatoms. The first-order valence-corrected chi connectivity index (χ1v) is 23.3. The van der Waals surface area contributed by atoms with Crippen molar-refractivity contribution in [3.05, 3.63) is 198 Å². The molecule has 7 aromatic carbocycles. The average molecular weight is 892 g/mol. The zero-order chi connectivity index (χ0) is 46.7. The summed E-state index contributed by atoms with van der Waals surface area (Å²) in [6.45, 7) is 13.0. The predicted octanol–water partition coefficient (Wildman–Crippen LogP) is 14.2. The molecule has 0 saturated carbocycles. The van der Waals surface area contributed by atoms with Crippen molar-refractivity contribution in [3.63, 3.8) is 0 Å². The molecule has 9 nitrogen and oxygen atoms in total. The molecule has 0 radical (unpaired) electrons. The largest absolute Gasteiger partial charge is 0.306 e. The summed E-state index contributed by atoms with van der Waals surface area (Å²) in [7, 11) is 0. The first-order valence-electron chi connectivity index (χ1n) is 23.3. The molecule has 330 valence electrons. The molecule has 0 aliphatic carbocycles. The van der Waals surface area contributed by atoms with Crippen molar-refractivity contribution in [1.82, 2.24) is 43.6 Å². The van der Waals surface area contributed by atoms with E-state index in [4.69, 9.17) is 15.0 Å². The van der Waals surface area contributed by atoms with Crippen LogP contribution in [0.25, 0.3) is 116 Å². The Morgan fingerprint density at radius 3 is 0.768 bits per heavy atom. The molecule has 0 saturated heterocycles. The van der Waals surface area contributed by atoms with Gasteiger partial charge in [0.15, 0.2) is 0 Å². The van der Waals surface area contributed by atoms with Gasteiger partial charge in [-0.1, -0.05) is 69.8 Å². The highest BCUT2D eigenvalue weighted by Crippen LogP contribution is 2.54. The second-order valence-corrected chi connectivity index (χ2v) is 18.6. The highest BCUT2D eigenvalue weighted by molar-refractivity contribution is 6.17. The predicted molar refractivity (Wildman–Crippen MR) is 281 cm³/mol. The van der Waals surface area contributed by atoms with Crippen LogP contribution in [0.2, 0.25) is 0 Å². The highest BCUT2D eigenvalue weighted by Gasteiger charge is 2.35. The normalized spacial score (nSPS) is 11.9. The summed E-state index contributed by atoms with van der Waals surface area (Å²) in [5.41, 5.74) is 21.1. The summed E-state index contributed by atoms with van der Waals surface area (Å²) in [5, 5.41) is 6.98. The van der Waals surface area contributed by atoms with E-state index in [1.807, 2.05) is 36.8 Å². The van der Waals surface area contributed by atoms with E-state index in [1.54, 1.807) is 19.0 Å². The monoisotopic (exact) mass is 891 g/mol. The lowest BCUT2D eigenvalue weighted by molar-refractivity contribution is 1.04. The molecule has 0 aliphatic rings. The molecule has 0 fully saturated rings. The minimum atomic E-state index is 0.717. The van der Waals surface area contributed by atoms with Gasteiger partial charge in [0.2, 0.25) is 0 Å². The van der Waals surface area contributed by atoms with Crippen LogP contribution in [0.4, 0.5) is 0 Å². The number of nitrogens with zero attached hydrogens (tertiary/aromatic N) is 9. The Morgan fingerprint density at radius 1 is 0.275 bits per heavy atom. The third kappa shape index (κ3) is 6.16. The standard InChI is InChI=1S/C60H45N9/c1-34-7-13-49-40(25-34)41-26-35(2)8-14-50(41)67(49)58-56(47-20-23-62-32-65-47)55(46-19-22-61-31-64-46)57(48-21-24-63-33-66-48)59(68-51-15-9-36(3)27-42(51)43-28-37(4)10-16-52(43)68)60(58)69-53-17-11-38(5)29-44(53)45-30-39(6)12-18-54(45)69/h7-33H,1-6H3. The zero-order valence-corrected chi connectivity index (χ0v) is 39.1. The molecule has 13 aromatic rings. The zero-order valence-electron chi connectivity index (χ0n) is 39.1. The lowest BCUT2D eigenvalue weighted by atomic mass is 9.88. The van der Waals surface area contributed by atoms with Crippen molar-refractivity contribution in [3.8, 4) is 50.8 Å². The SMILES string of the molecule is Cc1ccc2c(c1)c1cc(C)ccc1n2-c1c(-c2ccncn2)c(-c2ccncn2)c(-c2ccncn2)c(-n2c3ccc(C)cc3c3cc(C)ccc32)c1-n1c2ccc(C)cc2c2cc(C)ccc21. The van der Waals surface area contributed by atoms with Gasteiger partial charge >= 0.3 is 0 Å². The fraction of sp³-hybridized carbons (Fsp3) is 0.100. The topological polar surface area (TPSA) is 92.1 Å². The van der Waals surface area contributed by atoms with Gasteiger partial charge in [-0.3, -0.25) is 0 Å². The van der Waals surface area contributed by atoms with E-state index in [0.717, 1.165) is 105 Å². The summed E-state index contributed by atoms with van der Waals surface area (Å²) < 4.78 is 7.47. The molecular weight excluding hydrogens is 847 g/mol. The number of benzene rings is 7. The quantitative estimate of drug-likeness (QED) is 0.165. The van der Waals surface area contributed by atoms with Gasteiger partial charge in [-0.15, -0.1) is 0 Å². The second kappa shape index (κ2) is 15.4. The van der Waals surface area contributed by atoms with Gasteiger partial charge in [-0.05, 0) is 133 Å². The van der Waals surface area contributed by atoms with Crippen molar-refractivity contribution in [2.75, 3.05) is 0 Å². The molecule has 69 heavy (non-hydrogen) atoms. The molecule has 6 aromatic heterocycles. The molecule has 0 bridgehead atoms. The Bertz CT molecular complexity index is 3870. The van der Waals surface area contributed by atoms with Crippen LogP contribution in [-0.4, -0.2) is 43.6 Å². The van der Waals surface area contributed by atoms with Gasteiger partial charge in [-0.25, -0.2) is 29.9 Å². The number of hydrogen-bond donors (Lipinski definition) is 0. The Kier molecular flexibility index (Phi) is 9.01. The lowest BCUT2D eigenvalue weighted by Crippen LogP contribution is -2.15. The summed E-state index contributed by atoms with van der Waals surface area (Å²) in [6, 6.07) is 47.0. The lowest BCUT2D eigenvalue weighted by Gasteiger charge is -2.29. The van der Waals surface area contributed by atoms with Crippen molar-refractivity contribution >= 4 is 65.4 Å². The fourth-order valence-corrected chi connectivity index (χ4v) is 10.9. The van der Waals surface area contributed by atoms with E-state index < -0.39 is 0 Å². The average Bonchev–Trinajstić information content (AvgIpc) is 3.97. The van der Waals surface area contributed by atoms with Crippen molar-refractivity contribution in [2.45, 2.75) is 41.5 Å². The molecule has 0 aliphatic heterocycles. The number of fused-ring (bicyclic) bond motifs is 9. The molecule has 6 heterocycles. The first-order chi connectivity index (χ1) is 33.7. The van der Waals surface area contributed by atoms with Crippen molar-refractivity contribution in [1.29, 1.82) is 0 Å². The number of rotatable bonds is 6. The minimum Gasteiger partial charge on any atom is -0.306 e. The first kappa shape index (κ1) is 40.5. The molecule has 0 spiro atoms. The Morgan fingerprint density at radius 2 is 0.522 bits per heavy atom. The highest BCUT2D eigenvalue weighted by atomic mass is 15.1. The summed E-state index contributed by atoms with van der Waals surface area (Å²) >= 11 is 0. The number of aryl methyl sites for hydroxylation is 6. The molecule has 13 rings (SSSR count). The van der Waals surface area contributed by atoms with E-state index in [0.29, 0.717) is 0 Å². The Hall–Kier alpha value is -8.82. The molecule has 0 amide bonds. The summed E-state index contributed by atoms with van der Waals surface area (Å²) in [6.07, 6.45) is 10.4. The summed E-state index contributed by atoms with van der Waals surface area (Å²) in [4.78, 5) is 29.0. The smallest absolute Gasteiger partial charge is 0.116 e. The van der Waals surface area contributed by atoms with Gasteiger partial charge in [0, 0.05) is 67.6 Å². The van der Waals surface area contributed by atoms with Crippen LogP contribution in [0.3, 0.4) is 0 Å².